The molecule has 0 saturated carbocycles. The Labute approximate surface area is 107 Å². The minimum absolute atomic E-state index is 0.205. The van der Waals surface area contributed by atoms with Gasteiger partial charge in [0.1, 0.15) is 0 Å². The molecule has 96 valence electrons. The molecule has 0 bridgehead atoms. The van der Waals surface area contributed by atoms with Crippen LogP contribution in [0.2, 0.25) is 0 Å². The summed E-state index contributed by atoms with van der Waals surface area (Å²) in [5.41, 5.74) is 2.40. The first-order chi connectivity index (χ1) is 8.12. The molecule has 3 nitrogen and oxygen atoms in total. The summed E-state index contributed by atoms with van der Waals surface area (Å²) < 4.78 is 10.5. The third kappa shape index (κ3) is 3.82. The second-order valence-corrected chi connectivity index (χ2v) is 5.36. The predicted molar refractivity (Wildman–Crippen MR) is 72.1 cm³/mol. The molecule has 1 rings (SSSR count). The maximum absolute atomic E-state index is 9.00. The molecule has 0 aliphatic heterocycles. The van der Waals surface area contributed by atoms with Gasteiger partial charge >= 0.3 is 0 Å². The Morgan fingerprint density at radius 3 is 2.35 bits per heavy atom. The predicted octanol–water partition coefficient (Wildman–Crippen LogP) is 2.63. The van der Waals surface area contributed by atoms with Gasteiger partial charge in [0.05, 0.1) is 20.8 Å². The van der Waals surface area contributed by atoms with Crippen molar-refractivity contribution >= 4 is 11.8 Å². The van der Waals surface area contributed by atoms with Crippen molar-refractivity contribution in [1.82, 2.24) is 0 Å². The maximum atomic E-state index is 9.00. The van der Waals surface area contributed by atoms with Gasteiger partial charge in [-0.2, -0.15) is 11.8 Å². The summed E-state index contributed by atoms with van der Waals surface area (Å²) in [6, 6.07) is 3.99. The smallest absolute Gasteiger partial charge is 0.161 e. The number of aliphatic hydroxyl groups is 1. The number of thioether (sulfide) groups is 1. The molecule has 0 spiro atoms. The number of rotatable bonds is 6. The SMILES string of the molecule is COc1cc(C)c(CSC(C)CO)cc1OC. The summed E-state index contributed by atoms with van der Waals surface area (Å²) in [7, 11) is 3.28. The maximum Gasteiger partial charge on any atom is 0.161 e. The minimum Gasteiger partial charge on any atom is -0.493 e. The highest BCUT2D eigenvalue weighted by Crippen LogP contribution is 2.32. The van der Waals surface area contributed by atoms with Crippen LogP contribution in [0.3, 0.4) is 0 Å². The van der Waals surface area contributed by atoms with Crippen LogP contribution in [0, 0.1) is 6.92 Å². The Morgan fingerprint density at radius 2 is 1.82 bits per heavy atom. The van der Waals surface area contributed by atoms with Gasteiger partial charge in [-0.3, -0.25) is 0 Å². The van der Waals surface area contributed by atoms with Crippen molar-refractivity contribution in [1.29, 1.82) is 0 Å². The average molecular weight is 256 g/mol. The number of hydrogen-bond acceptors (Lipinski definition) is 4. The molecule has 0 radical (unpaired) electrons. The number of aliphatic hydroxyl groups excluding tert-OH is 1. The molecule has 1 aromatic carbocycles. The standard InChI is InChI=1S/C13H20O3S/c1-9-5-12(15-3)13(16-4)6-11(9)8-17-10(2)7-14/h5-6,10,14H,7-8H2,1-4H3. The minimum atomic E-state index is 0.205. The summed E-state index contributed by atoms with van der Waals surface area (Å²) >= 11 is 1.73. The molecule has 4 heteroatoms. The third-order valence-corrected chi connectivity index (χ3v) is 3.82. The van der Waals surface area contributed by atoms with Crippen molar-refractivity contribution in [3.05, 3.63) is 23.3 Å². The van der Waals surface area contributed by atoms with Crippen LogP contribution in [0.1, 0.15) is 18.1 Å². The van der Waals surface area contributed by atoms with Gasteiger partial charge in [0.15, 0.2) is 11.5 Å². The zero-order valence-electron chi connectivity index (χ0n) is 10.8. The fraction of sp³-hybridized carbons (Fsp3) is 0.538. The molecule has 0 heterocycles. The summed E-state index contributed by atoms with van der Waals surface area (Å²) in [5, 5.41) is 9.25. The van der Waals surface area contributed by atoms with Gasteiger partial charge in [0, 0.05) is 11.0 Å². The molecule has 1 atom stereocenters. The van der Waals surface area contributed by atoms with Crippen molar-refractivity contribution in [2.75, 3.05) is 20.8 Å². The lowest BCUT2D eigenvalue weighted by Crippen LogP contribution is -2.03. The van der Waals surface area contributed by atoms with E-state index in [1.165, 1.54) is 11.1 Å². The molecule has 0 amide bonds. The van der Waals surface area contributed by atoms with Crippen LogP contribution in [0.15, 0.2) is 12.1 Å². The molecular weight excluding hydrogens is 236 g/mol. The fourth-order valence-corrected chi connectivity index (χ4v) is 2.34. The Bertz CT molecular complexity index is 366. The topological polar surface area (TPSA) is 38.7 Å². The van der Waals surface area contributed by atoms with E-state index in [1.807, 2.05) is 19.1 Å². The van der Waals surface area contributed by atoms with Gasteiger partial charge < -0.3 is 14.6 Å². The molecule has 1 N–H and O–H groups in total. The van der Waals surface area contributed by atoms with Crippen LogP contribution >= 0.6 is 11.8 Å². The second-order valence-electron chi connectivity index (χ2n) is 3.94. The zero-order chi connectivity index (χ0) is 12.8. The van der Waals surface area contributed by atoms with Gasteiger partial charge in [-0.05, 0) is 30.2 Å². The second kappa shape index (κ2) is 6.77. The first kappa shape index (κ1) is 14.2. The van der Waals surface area contributed by atoms with E-state index in [4.69, 9.17) is 14.6 Å². The summed E-state index contributed by atoms with van der Waals surface area (Å²) in [6.07, 6.45) is 0. The fourth-order valence-electron chi connectivity index (χ4n) is 1.46. The van der Waals surface area contributed by atoms with Crippen LogP contribution in [-0.4, -0.2) is 31.2 Å². The van der Waals surface area contributed by atoms with Crippen molar-refractivity contribution in [2.24, 2.45) is 0 Å². The van der Waals surface area contributed by atoms with E-state index >= 15 is 0 Å². The average Bonchev–Trinajstić information content (AvgIpc) is 2.36. The Morgan fingerprint density at radius 1 is 1.24 bits per heavy atom. The van der Waals surface area contributed by atoms with E-state index in [0.29, 0.717) is 0 Å². The highest BCUT2D eigenvalue weighted by atomic mass is 32.2. The van der Waals surface area contributed by atoms with Crippen LogP contribution < -0.4 is 9.47 Å². The Kier molecular flexibility index (Phi) is 5.65. The number of hydrogen-bond donors (Lipinski definition) is 1. The first-order valence-electron chi connectivity index (χ1n) is 5.56. The molecular formula is C13H20O3S. The van der Waals surface area contributed by atoms with E-state index in [1.54, 1.807) is 26.0 Å². The van der Waals surface area contributed by atoms with Gasteiger partial charge in [-0.1, -0.05) is 6.92 Å². The van der Waals surface area contributed by atoms with Crippen molar-refractivity contribution in [3.63, 3.8) is 0 Å². The molecule has 0 fully saturated rings. The quantitative estimate of drug-likeness (QED) is 0.849. The third-order valence-electron chi connectivity index (χ3n) is 2.62. The molecule has 0 aliphatic rings. The molecule has 17 heavy (non-hydrogen) atoms. The van der Waals surface area contributed by atoms with E-state index < -0.39 is 0 Å². The highest BCUT2D eigenvalue weighted by Gasteiger charge is 2.09. The number of methoxy groups -OCH3 is 2. The van der Waals surface area contributed by atoms with Crippen molar-refractivity contribution < 1.29 is 14.6 Å². The molecule has 1 aromatic rings. The van der Waals surface area contributed by atoms with E-state index in [0.717, 1.165) is 17.3 Å². The number of benzene rings is 1. The summed E-state index contributed by atoms with van der Waals surface area (Å²) in [6.45, 7) is 4.28. The lowest BCUT2D eigenvalue weighted by molar-refractivity contribution is 0.300. The van der Waals surface area contributed by atoms with Gasteiger partial charge in [0.25, 0.3) is 0 Å². The summed E-state index contributed by atoms with van der Waals surface area (Å²) in [5.74, 6) is 2.38. The van der Waals surface area contributed by atoms with Crippen molar-refractivity contribution in [3.8, 4) is 11.5 Å². The molecule has 0 saturated heterocycles. The first-order valence-corrected chi connectivity index (χ1v) is 6.61. The van der Waals surface area contributed by atoms with Gasteiger partial charge in [0.2, 0.25) is 0 Å². The summed E-state index contributed by atoms with van der Waals surface area (Å²) in [4.78, 5) is 0. The van der Waals surface area contributed by atoms with Crippen molar-refractivity contribution in [2.45, 2.75) is 24.9 Å². The number of aryl methyl sites for hydroxylation is 1. The van der Waals surface area contributed by atoms with Gasteiger partial charge in [-0.25, -0.2) is 0 Å². The van der Waals surface area contributed by atoms with Gasteiger partial charge in [-0.15, -0.1) is 0 Å². The van der Waals surface area contributed by atoms with E-state index in [-0.39, 0.29) is 11.9 Å². The van der Waals surface area contributed by atoms with Crippen LogP contribution in [0.5, 0.6) is 11.5 Å². The zero-order valence-corrected chi connectivity index (χ0v) is 11.6. The van der Waals surface area contributed by atoms with Crippen LogP contribution in [0.4, 0.5) is 0 Å². The normalized spacial score (nSPS) is 12.3. The lowest BCUT2D eigenvalue weighted by Gasteiger charge is -2.14. The highest BCUT2D eigenvalue weighted by molar-refractivity contribution is 7.99. The largest absolute Gasteiger partial charge is 0.493 e. The molecule has 0 aliphatic carbocycles. The van der Waals surface area contributed by atoms with Crippen LogP contribution in [-0.2, 0) is 5.75 Å². The Hall–Kier alpha value is -0.870. The molecule has 0 aromatic heterocycles. The van der Waals surface area contributed by atoms with Crippen LogP contribution in [0.25, 0.3) is 0 Å². The number of ether oxygens (including phenoxy) is 2. The van der Waals surface area contributed by atoms with E-state index in [2.05, 4.69) is 6.92 Å². The monoisotopic (exact) mass is 256 g/mol. The van der Waals surface area contributed by atoms with E-state index in [9.17, 15) is 0 Å². The lowest BCUT2D eigenvalue weighted by atomic mass is 10.1. The Balaban J connectivity index is 2.85. The molecule has 1 unspecified atom stereocenters.